The quantitative estimate of drug-likeness (QED) is 0.453. The van der Waals surface area contributed by atoms with Gasteiger partial charge in [-0.15, -0.1) is 0 Å². The number of halogens is 4. The summed E-state index contributed by atoms with van der Waals surface area (Å²) in [7, 11) is 0. The van der Waals surface area contributed by atoms with E-state index in [9.17, 15) is 22.8 Å². The molecule has 3 heterocycles. The molecular formula is C26H27ClF3N7O2. The van der Waals surface area contributed by atoms with Crippen LogP contribution in [0.15, 0.2) is 30.6 Å². The van der Waals surface area contributed by atoms with Crippen molar-refractivity contribution in [3.05, 3.63) is 52.3 Å². The van der Waals surface area contributed by atoms with Crippen LogP contribution in [0, 0.1) is 11.8 Å². The molecule has 1 saturated heterocycles. The van der Waals surface area contributed by atoms with Crippen LogP contribution in [0.3, 0.4) is 0 Å². The van der Waals surface area contributed by atoms with Gasteiger partial charge in [-0.3, -0.25) is 14.3 Å². The highest BCUT2D eigenvalue weighted by atomic mass is 35.5. The molecule has 2 amide bonds. The monoisotopic (exact) mass is 561 g/mol. The van der Waals surface area contributed by atoms with E-state index in [2.05, 4.69) is 22.0 Å². The summed E-state index contributed by atoms with van der Waals surface area (Å²) in [6, 6.07) is 3.56. The zero-order valence-electron chi connectivity index (χ0n) is 21.1. The predicted molar refractivity (Wildman–Crippen MR) is 139 cm³/mol. The largest absolute Gasteiger partial charge is 0.417 e. The Morgan fingerprint density at radius 2 is 1.90 bits per heavy atom. The third kappa shape index (κ3) is 6.04. The number of hydrogen-bond acceptors (Lipinski definition) is 5. The van der Waals surface area contributed by atoms with Crippen LogP contribution < -0.4 is 11.5 Å². The van der Waals surface area contributed by atoms with Crippen LogP contribution in [0.5, 0.6) is 0 Å². The van der Waals surface area contributed by atoms with Gasteiger partial charge in [0.25, 0.3) is 11.8 Å². The lowest BCUT2D eigenvalue weighted by Crippen LogP contribution is -2.34. The summed E-state index contributed by atoms with van der Waals surface area (Å²) < 4.78 is 42.7. The van der Waals surface area contributed by atoms with Gasteiger partial charge >= 0.3 is 6.18 Å². The number of alkyl halides is 3. The van der Waals surface area contributed by atoms with Crippen LogP contribution in [-0.2, 0) is 17.5 Å². The predicted octanol–water partition coefficient (Wildman–Crippen LogP) is 4.12. The smallest absolute Gasteiger partial charge is 0.383 e. The van der Waals surface area contributed by atoms with Crippen LogP contribution in [-0.4, -0.2) is 49.4 Å². The first-order valence-electron chi connectivity index (χ1n) is 12.3. The Bertz CT molecular complexity index is 1440. The Labute approximate surface area is 227 Å². The number of likely N-dealkylation sites (tertiary alicyclic amines) is 1. The Kier molecular flexibility index (Phi) is 8.20. The molecule has 0 unspecified atom stereocenters. The number of anilines is 1. The molecule has 1 aliphatic heterocycles. The first-order chi connectivity index (χ1) is 18.5. The molecule has 1 aromatic carbocycles. The van der Waals surface area contributed by atoms with Crippen LogP contribution in [0.2, 0.25) is 5.02 Å². The second-order valence-electron chi connectivity index (χ2n) is 9.23. The maximum Gasteiger partial charge on any atom is 0.417 e. The fourth-order valence-electron chi connectivity index (χ4n) is 4.76. The minimum absolute atomic E-state index is 0.0366. The Balaban J connectivity index is 1.58. The van der Waals surface area contributed by atoms with Gasteiger partial charge in [0.05, 0.1) is 29.4 Å². The van der Waals surface area contributed by atoms with E-state index >= 15 is 0 Å². The Hall–Kier alpha value is -3.98. The van der Waals surface area contributed by atoms with Crippen molar-refractivity contribution in [2.45, 2.75) is 51.4 Å². The van der Waals surface area contributed by atoms with Crippen molar-refractivity contribution in [3.63, 3.8) is 0 Å². The fourth-order valence-corrected chi connectivity index (χ4v) is 5.06. The van der Waals surface area contributed by atoms with E-state index in [1.165, 1.54) is 23.0 Å². The molecule has 4 N–H and O–H groups in total. The van der Waals surface area contributed by atoms with Crippen molar-refractivity contribution in [1.29, 1.82) is 0 Å². The van der Waals surface area contributed by atoms with Crippen molar-refractivity contribution < 1.29 is 22.8 Å². The number of nitrogen functional groups attached to an aromatic ring is 1. The van der Waals surface area contributed by atoms with E-state index < -0.39 is 22.7 Å². The van der Waals surface area contributed by atoms with Gasteiger partial charge in [0.2, 0.25) is 0 Å². The van der Waals surface area contributed by atoms with Crippen LogP contribution >= 0.6 is 11.6 Å². The lowest BCUT2D eigenvalue weighted by Gasteiger charge is -2.27. The summed E-state index contributed by atoms with van der Waals surface area (Å²) in [6.45, 7) is 2.68. The fraction of sp³-hybridized carbons (Fsp3) is 0.385. The van der Waals surface area contributed by atoms with Crippen molar-refractivity contribution in [3.8, 4) is 23.1 Å². The summed E-state index contributed by atoms with van der Waals surface area (Å²) >= 11 is 6.03. The number of rotatable bonds is 5. The van der Waals surface area contributed by atoms with Crippen LogP contribution in [0.4, 0.5) is 19.0 Å². The number of aromatic nitrogens is 4. The van der Waals surface area contributed by atoms with Crippen molar-refractivity contribution in [1.82, 2.24) is 24.5 Å². The minimum Gasteiger partial charge on any atom is -0.383 e. The number of benzene rings is 1. The highest BCUT2D eigenvalue weighted by Gasteiger charge is 2.34. The van der Waals surface area contributed by atoms with E-state index in [0.717, 1.165) is 6.07 Å². The number of amides is 2. The number of carbonyl (C=O) groups excluding carboxylic acids is 2. The normalized spacial score (nSPS) is 14.8. The van der Waals surface area contributed by atoms with Crippen molar-refractivity contribution in [2.75, 3.05) is 18.8 Å². The molecule has 2 aromatic heterocycles. The lowest BCUT2D eigenvalue weighted by atomic mass is 10.0. The molecule has 0 spiro atoms. The van der Waals surface area contributed by atoms with Gasteiger partial charge < -0.3 is 16.4 Å². The number of primary amides is 1. The topological polar surface area (TPSA) is 125 Å². The molecular weight excluding hydrogens is 535 g/mol. The molecule has 4 rings (SSSR count). The second kappa shape index (κ2) is 11.4. The first kappa shape index (κ1) is 28.0. The Morgan fingerprint density at radius 3 is 2.51 bits per heavy atom. The van der Waals surface area contributed by atoms with E-state index in [-0.39, 0.29) is 41.1 Å². The van der Waals surface area contributed by atoms with E-state index in [4.69, 9.17) is 23.1 Å². The molecule has 39 heavy (non-hydrogen) atoms. The van der Waals surface area contributed by atoms with E-state index in [1.807, 2.05) is 0 Å². The second-order valence-corrected chi connectivity index (χ2v) is 9.60. The summed E-state index contributed by atoms with van der Waals surface area (Å²) in [5.41, 5.74) is 12.0. The molecule has 206 valence electrons. The van der Waals surface area contributed by atoms with Gasteiger partial charge in [-0.25, -0.2) is 4.68 Å². The number of carbonyl (C=O) groups is 2. The highest BCUT2D eigenvalue weighted by Crippen LogP contribution is 2.37. The zero-order chi connectivity index (χ0) is 28.3. The standard InChI is InChI=1S/C26H27ClF3N7O2/c1-2-6-20(38)35-11-4-8-18(9-5-12-35)37-24(31)21(25(32)39)23(34-37)17-13-33-36(15-17)14-16-7-3-10-19(22(16)27)26(28,29)30/h3,7,10,13,15,18H,4-5,8-9,11-12,14,31H2,1H3,(H2,32,39). The Morgan fingerprint density at radius 1 is 1.21 bits per heavy atom. The van der Waals surface area contributed by atoms with Gasteiger partial charge in [0.1, 0.15) is 17.1 Å². The van der Waals surface area contributed by atoms with Gasteiger partial charge in [-0.2, -0.15) is 23.4 Å². The lowest BCUT2D eigenvalue weighted by molar-refractivity contribution is -0.137. The van der Waals surface area contributed by atoms with E-state index in [1.54, 1.807) is 22.7 Å². The van der Waals surface area contributed by atoms with E-state index in [0.29, 0.717) is 44.3 Å². The van der Waals surface area contributed by atoms with Crippen LogP contribution in [0.1, 0.15) is 60.1 Å². The maximum absolute atomic E-state index is 13.2. The molecule has 0 atom stereocenters. The van der Waals surface area contributed by atoms with Gasteiger partial charge in [0.15, 0.2) is 0 Å². The number of hydrogen-bond donors (Lipinski definition) is 2. The highest BCUT2D eigenvalue weighted by molar-refractivity contribution is 6.32. The number of nitrogens with two attached hydrogens (primary N) is 2. The van der Waals surface area contributed by atoms with Gasteiger partial charge in [-0.05, 0) is 50.2 Å². The SMILES string of the molecule is CC#CC(=O)N1CCCC(n2nc(-c3cnn(Cc4cccc(C(F)(F)F)c4Cl)c3)c(C(N)=O)c2N)CCC1. The third-order valence-corrected chi connectivity index (χ3v) is 7.06. The first-order valence-corrected chi connectivity index (χ1v) is 12.7. The summed E-state index contributed by atoms with van der Waals surface area (Å²) in [5.74, 6) is 4.37. The van der Waals surface area contributed by atoms with Crippen LogP contribution in [0.25, 0.3) is 11.3 Å². The van der Waals surface area contributed by atoms with Gasteiger partial charge in [0, 0.05) is 24.8 Å². The molecule has 1 aliphatic rings. The van der Waals surface area contributed by atoms with Gasteiger partial charge in [-0.1, -0.05) is 29.7 Å². The molecule has 13 heteroatoms. The van der Waals surface area contributed by atoms with Crippen molar-refractivity contribution in [2.24, 2.45) is 5.73 Å². The molecule has 0 bridgehead atoms. The average Bonchev–Trinajstić information content (AvgIpc) is 3.44. The average molecular weight is 562 g/mol. The molecule has 0 aliphatic carbocycles. The maximum atomic E-state index is 13.2. The van der Waals surface area contributed by atoms with Crippen molar-refractivity contribution >= 4 is 29.2 Å². The number of nitrogens with zero attached hydrogens (tertiary/aromatic N) is 5. The molecule has 1 fully saturated rings. The molecule has 3 aromatic rings. The summed E-state index contributed by atoms with van der Waals surface area (Å²) in [4.78, 5) is 26.2. The summed E-state index contributed by atoms with van der Waals surface area (Å²) in [5, 5.41) is 8.45. The molecule has 0 radical (unpaired) electrons. The summed E-state index contributed by atoms with van der Waals surface area (Å²) in [6.07, 6.45) is 1.12. The zero-order valence-corrected chi connectivity index (χ0v) is 21.9. The molecule has 9 nitrogen and oxygen atoms in total. The molecule has 0 saturated carbocycles. The minimum atomic E-state index is -4.59. The third-order valence-electron chi connectivity index (χ3n) is 6.61.